The standard InChI is InChI=1S/C16H15N5O3/c17-14(22)11-9-18-16(21-8-4-7-19-21)20-13(11)12(15(23)24)10-5-2-1-3-6-10/h1-9,12,15,23-24H,(H2,17,22)/t12-/m1/s1. The quantitative estimate of drug-likeness (QED) is 0.575. The van der Waals surface area contributed by atoms with Crippen LogP contribution in [0.5, 0.6) is 0 Å². The Bertz CT molecular complexity index is 834. The second kappa shape index (κ2) is 6.57. The molecule has 0 spiro atoms. The van der Waals surface area contributed by atoms with Crippen LogP contribution in [0, 0.1) is 0 Å². The molecule has 0 aliphatic rings. The van der Waals surface area contributed by atoms with Crippen molar-refractivity contribution in [2.75, 3.05) is 0 Å². The number of carbonyl (C=O) groups excluding carboxylic acids is 1. The lowest BCUT2D eigenvalue weighted by atomic mass is 9.92. The Hall–Kier alpha value is -3.10. The van der Waals surface area contributed by atoms with E-state index in [-0.39, 0.29) is 17.2 Å². The van der Waals surface area contributed by atoms with Gasteiger partial charge < -0.3 is 15.9 Å². The molecule has 4 N–H and O–H groups in total. The van der Waals surface area contributed by atoms with E-state index >= 15 is 0 Å². The van der Waals surface area contributed by atoms with Gasteiger partial charge in [0.05, 0.1) is 17.2 Å². The number of rotatable bonds is 5. The van der Waals surface area contributed by atoms with Gasteiger partial charge in [-0.15, -0.1) is 0 Å². The molecule has 0 aliphatic heterocycles. The molecule has 2 heterocycles. The van der Waals surface area contributed by atoms with Crippen molar-refractivity contribution in [2.24, 2.45) is 5.73 Å². The van der Waals surface area contributed by atoms with E-state index in [4.69, 9.17) is 5.73 Å². The molecule has 0 saturated carbocycles. The Kier molecular flexibility index (Phi) is 4.32. The van der Waals surface area contributed by atoms with Crippen molar-refractivity contribution in [1.82, 2.24) is 19.7 Å². The number of hydrogen-bond donors (Lipinski definition) is 3. The molecule has 0 unspecified atom stereocenters. The molecular weight excluding hydrogens is 310 g/mol. The maximum atomic E-state index is 11.7. The van der Waals surface area contributed by atoms with Crippen LogP contribution in [0.3, 0.4) is 0 Å². The van der Waals surface area contributed by atoms with E-state index in [1.54, 1.807) is 48.8 Å². The monoisotopic (exact) mass is 325 g/mol. The molecule has 24 heavy (non-hydrogen) atoms. The van der Waals surface area contributed by atoms with Crippen molar-refractivity contribution in [3.05, 3.63) is 71.8 Å². The summed E-state index contributed by atoms with van der Waals surface area (Å²) in [5.41, 5.74) is 6.13. The van der Waals surface area contributed by atoms with Crippen LogP contribution in [0.4, 0.5) is 0 Å². The van der Waals surface area contributed by atoms with E-state index in [1.807, 2.05) is 0 Å². The summed E-state index contributed by atoms with van der Waals surface area (Å²) < 4.78 is 1.40. The molecule has 3 rings (SSSR count). The number of aromatic nitrogens is 4. The van der Waals surface area contributed by atoms with E-state index in [9.17, 15) is 15.0 Å². The molecule has 0 radical (unpaired) electrons. The van der Waals surface area contributed by atoms with E-state index in [2.05, 4.69) is 15.1 Å². The third kappa shape index (κ3) is 3.00. The van der Waals surface area contributed by atoms with Gasteiger partial charge in [-0.1, -0.05) is 30.3 Å². The highest BCUT2D eigenvalue weighted by molar-refractivity contribution is 5.94. The SMILES string of the molecule is NC(=O)c1cnc(-n2cccn2)nc1[C@@H](c1ccccc1)C(O)O. The normalized spacial score (nSPS) is 12.3. The number of nitrogens with zero attached hydrogens (tertiary/aromatic N) is 4. The Balaban J connectivity index is 2.18. The zero-order valence-electron chi connectivity index (χ0n) is 12.5. The molecule has 1 amide bonds. The van der Waals surface area contributed by atoms with Gasteiger partial charge >= 0.3 is 0 Å². The first-order valence-electron chi connectivity index (χ1n) is 7.15. The lowest BCUT2D eigenvalue weighted by Crippen LogP contribution is -2.26. The fraction of sp³-hybridized carbons (Fsp3) is 0.125. The van der Waals surface area contributed by atoms with Crippen molar-refractivity contribution < 1.29 is 15.0 Å². The van der Waals surface area contributed by atoms with Crippen molar-refractivity contribution in [2.45, 2.75) is 12.2 Å². The van der Waals surface area contributed by atoms with Crippen molar-refractivity contribution in [3.63, 3.8) is 0 Å². The maximum absolute atomic E-state index is 11.7. The van der Waals surface area contributed by atoms with E-state index < -0.39 is 18.1 Å². The second-order valence-corrected chi connectivity index (χ2v) is 5.09. The molecular formula is C16H15N5O3. The number of primary amides is 1. The zero-order chi connectivity index (χ0) is 17.1. The summed E-state index contributed by atoms with van der Waals surface area (Å²) in [6.45, 7) is 0. The lowest BCUT2D eigenvalue weighted by molar-refractivity contribution is -0.0520. The molecule has 0 bridgehead atoms. The summed E-state index contributed by atoms with van der Waals surface area (Å²) in [7, 11) is 0. The molecule has 8 heteroatoms. The minimum Gasteiger partial charge on any atom is -0.367 e. The topological polar surface area (TPSA) is 127 Å². The third-order valence-corrected chi connectivity index (χ3v) is 3.53. The van der Waals surface area contributed by atoms with Gasteiger partial charge in [0.25, 0.3) is 11.9 Å². The van der Waals surface area contributed by atoms with Crippen LogP contribution >= 0.6 is 0 Å². The number of benzene rings is 1. The maximum Gasteiger partial charge on any atom is 0.252 e. The fourth-order valence-corrected chi connectivity index (χ4v) is 2.44. The van der Waals surface area contributed by atoms with Gasteiger partial charge in [0.1, 0.15) is 0 Å². The highest BCUT2D eigenvalue weighted by atomic mass is 16.5. The van der Waals surface area contributed by atoms with Crippen LogP contribution in [-0.2, 0) is 0 Å². The van der Waals surface area contributed by atoms with Gasteiger partial charge in [-0.05, 0) is 11.6 Å². The van der Waals surface area contributed by atoms with Crippen LogP contribution in [0.2, 0.25) is 0 Å². The Labute approximate surface area is 137 Å². The molecule has 1 aromatic carbocycles. The van der Waals surface area contributed by atoms with Gasteiger partial charge in [-0.25, -0.2) is 14.6 Å². The van der Waals surface area contributed by atoms with Gasteiger partial charge in [-0.3, -0.25) is 4.79 Å². The van der Waals surface area contributed by atoms with E-state index in [0.29, 0.717) is 5.56 Å². The predicted molar refractivity (Wildman–Crippen MR) is 84.2 cm³/mol. The number of nitrogens with two attached hydrogens (primary N) is 1. The summed E-state index contributed by atoms with van der Waals surface area (Å²) in [5, 5.41) is 23.8. The summed E-state index contributed by atoms with van der Waals surface area (Å²) in [5.74, 6) is -1.51. The first-order valence-corrected chi connectivity index (χ1v) is 7.15. The molecule has 2 aromatic heterocycles. The highest BCUT2D eigenvalue weighted by Crippen LogP contribution is 2.28. The van der Waals surface area contributed by atoms with Crippen LogP contribution in [0.1, 0.15) is 27.5 Å². The third-order valence-electron chi connectivity index (χ3n) is 3.53. The second-order valence-electron chi connectivity index (χ2n) is 5.09. The Morgan fingerprint density at radius 3 is 2.50 bits per heavy atom. The van der Waals surface area contributed by atoms with E-state index in [1.165, 1.54) is 10.9 Å². The average molecular weight is 325 g/mol. The van der Waals surface area contributed by atoms with Crippen molar-refractivity contribution in [3.8, 4) is 5.95 Å². The zero-order valence-corrected chi connectivity index (χ0v) is 12.5. The summed E-state index contributed by atoms with van der Waals surface area (Å²) in [6.07, 6.45) is 2.68. The number of aliphatic hydroxyl groups is 2. The Morgan fingerprint density at radius 1 is 1.17 bits per heavy atom. The highest BCUT2D eigenvalue weighted by Gasteiger charge is 2.28. The van der Waals surface area contributed by atoms with Crippen LogP contribution < -0.4 is 5.73 Å². The van der Waals surface area contributed by atoms with Crippen LogP contribution in [0.15, 0.2) is 55.0 Å². The number of carbonyl (C=O) groups is 1. The lowest BCUT2D eigenvalue weighted by Gasteiger charge is -2.21. The van der Waals surface area contributed by atoms with Crippen molar-refractivity contribution in [1.29, 1.82) is 0 Å². The van der Waals surface area contributed by atoms with Crippen molar-refractivity contribution >= 4 is 5.91 Å². The number of hydrogen-bond acceptors (Lipinski definition) is 6. The summed E-state index contributed by atoms with van der Waals surface area (Å²) in [6, 6.07) is 10.4. The molecule has 3 aromatic rings. The molecule has 122 valence electrons. The molecule has 0 fully saturated rings. The average Bonchev–Trinajstić information content (AvgIpc) is 3.10. The van der Waals surface area contributed by atoms with E-state index in [0.717, 1.165) is 0 Å². The predicted octanol–water partition coefficient (Wildman–Crippen LogP) is 0.204. The largest absolute Gasteiger partial charge is 0.367 e. The minimum atomic E-state index is -1.77. The van der Waals surface area contributed by atoms with Crippen LogP contribution in [-0.4, -0.2) is 42.2 Å². The molecule has 0 aliphatic carbocycles. The smallest absolute Gasteiger partial charge is 0.252 e. The molecule has 8 nitrogen and oxygen atoms in total. The summed E-state index contributed by atoms with van der Waals surface area (Å²) >= 11 is 0. The summed E-state index contributed by atoms with van der Waals surface area (Å²) in [4.78, 5) is 20.1. The minimum absolute atomic E-state index is 0.0212. The molecule has 1 atom stereocenters. The fourth-order valence-electron chi connectivity index (χ4n) is 2.44. The van der Waals surface area contributed by atoms with Crippen LogP contribution in [0.25, 0.3) is 5.95 Å². The number of aliphatic hydroxyl groups excluding tert-OH is 1. The van der Waals surface area contributed by atoms with Gasteiger partial charge in [-0.2, -0.15) is 5.10 Å². The Morgan fingerprint density at radius 2 is 1.92 bits per heavy atom. The van der Waals surface area contributed by atoms with Gasteiger partial charge in [0, 0.05) is 18.6 Å². The first kappa shape index (κ1) is 15.8. The van der Waals surface area contributed by atoms with Gasteiger partial charge in [0.2, 0.25) is 0 Å². The first-order chi connectivity index (χ1) is 11.6. The number of amides is 1. The van der Waals surface area contributed by atoms with Gasteiger partial charge in [0.15, 0.2) is 6.29 Å². The molecule has 0 saturated heterocycles.